The number of carbonyl (C=O) groups excluding carboxylic acids is 2. The highest BCUT2D eigenvalue weighted by molar-refractivity contribution is 8.00. The second kappa shape index (κ2) is 18.1. The smallest absolute Gasteiger partial charge is 0.446 e. The summed E-state index contributed by atoms with van der Waals surface area (Å²) in [6.07, 6.45) is 7.47. The predicted octanol–water partition coefficient (Wildman–Crippen LogP) is 10.8. The number of thioether (sulfide) groups is 1. The normalized spacial score (nSPS) is 16.1. The minimum atomic E-state index is -4.53. The van der Waals surface area contributed by atoms with Gasteiger partial charge < -0.3 is 24.7 Å². The van der Waals surface area contributed by atoms with Crippen LogP contribution in [0.1, 0.15) is 55.5 Å². The molecule has 0 radical (unpaired) electrons. The third-order valence-corrected chi connectivity index (χ3v) is 12.2. The molecule has 0 unspecified atom stereocenters. The first-order chi connectivity index (χ1) is 27.8. The average Bonchev–Trinajstić information content (AvgIpc) is 3.66. The van der Waals surface area contributed by atoms with Crippen molar-refractivity contribution in [1.82, 2.24) is 19.6 Å². The van der Waals surface area contributed by atoms with Gasteiger partial charge in [-0.2, -0.15) is 13.2 Å². The van der Waals surface area contributed by atoms with Crippen LogP contribution in [0.4, 0.5) is 24.5 Å². The molecule has 5 aromatic rings. The van der Waals surface area contributed by atoms with E-state index >= 15 is 0 Å². The largest absolute Gasteiger partial charge is 0.455 e. The first kappa shape index (κ1) is 41.5. The summed E-state index contributed by atoms with van der Waals surface area (Å²) < 4.78 is 49.4. The number of H-pyrrole nitrogens is 1. The number of benzene rings is 3. The fourth-order valence-electron chi connectivity index (χ4n) is 7.33. The predicted molar refractivity (Wildman–Crippen MR) is 228 cm³/mol. The van der Waals surface area contributed by atoms with E-state index in [9.17, 15) is 22.8 Å². The molecule has 3 heterocycles. The van der Waals surface area contributed by atoms with Gasteiger partial charge in [-0.1, -0.05) is 43.2 Å². The summed E-state index contributed by atoms with van der Waals surface area (Å²) in [5, 5.41) is 4.46. The lowest BCUT2D eigenvalue weighted by Gasteiger charge is -2.39. The Bertz CT molecular complexity index is 2290. The van der Waals surface area contributed by atoms with Gasteiger partial charge in [0, 0.05) is 89.5 Å². The van der Waals surface area contributed by atoms with Gasteiger partial charge in [0.15, 0.2) is 0 Å². The molecule has 3 aromatic carbocycles. The maximum atomic E-state index is 13.8. The standard InChI is InChI=1S/C43H44ClF3N6O3S2/c1-42(2)14-12-30(36(25-42)28-4-6-31(44)7-5-28)27-52-17-19-53(20-18-52)32-8-10-35(38(23-32)56-33-22-29-13-16-49-40(29)50-26-33)41(55)51-58-34-9-11-37(48-15-3-21-54)39(24-34)57-43(45,46)47/h4-11,13,16,21-24,26,48H,3,12,14-15,17-20,25,27H2,1-2H3,(H,49,50)(H,51,55). The Morgan fingerprint density at radius 2 is 1.83 bits per heavy atom. The van der Waals surface area contributed by atoms with Crippen molar-refractivity contribution < 1.29 is 27.5 Å². The molecule has 0 atom stereocenters. The number of hydrogen-bond donors (Lipinski definition) is 3. The highest BCUT2D eigenvalue weighted by Crippen LogP contribution is 2.44. The molecule has 1 amide bonds. The molecule has 3 N–H and O–H groups in total. The molecule has 1 aliphatic carbocycles. The lowest BCUT2D eigenvalue weighted by molar-refractivity contribution is -0.107. The van der Waals surface area contributed by atoms with Gasteiger partial charge >= 0.3 is 5.51 Å². The number of piperazine rings is 1. The number of ether oxygens (including phenoxy) is 1. The number of nitrogens with one attached hydrogen (secondary N) is 3. The van der Waals surface area contributed by atoms with Gasteiger partial charge in [-0.05, 0) is 114 Å². The summed E-state index contributed by atoms with van der Waals surface area (Å²) in [4.78, 5) is 37.2. The summed E-state index contributed by atoms with van der Waals surface area (Å²) in [6.45, 7) is 9.09. The Balaban J connectivity index is 1.07. The number of pyridine rings is 1. The SMILES string of the molecule is CC1(C)CCC(CN2CCN(c3ccc(C(=O)NSc4ccc(NCCC=O)c(SC(F)(F)F)c4)c(Oc4cnc5[nH]ccc5c4)c3)CC2)=C(c2ccc(Cl)cc2)C1. The summed E-state index contributed by atoms with van der Waals surface area (Å²) in [7, 11) is 0. The van der Waals surface area contributed by atoms with Gasteiger partial charge in [-0.3, -0.25) is 14.4 Å². The van der Waals surface area contributed by atoms with E-state index in [1.807, 2.05) is 36.4 Å². The number of aromatic amines is 1. The highest BCUT2D eigenvalue weighted by atomic mass is 35.5. The summed E-state index contributed by atoms with van der Waals surface area (Å²) in [6, 6.07) is 21.9. The van der Waals surface area contributed by atoms with Crippen LogP contribution in [-0.2, 0) is 4.79 Å². The molecule has 58 heavy (non-hydrogen) atoms. The Labute approximate surface area is 349 Å². The van der Waals surface area contributed by atoms with Gasteiger partial charge in [-0.15, -0.1) is 0 Å². The first-order valence-corrected chi connectivity index (χ1v) is 21.1. The van der Waals surface area contributed by atoms with Crippen LogP contribution in [0.5, 0.6) is 11.5 Å². The van der Waals surface area contributed by atoms with Crippen LogP contribution in [0.15, 0.2) is 101 Å². The maximum absolute atomic E-state index is 13.8. The molecule has 15 heteroatoms. The molecule has 9 nitrogen and oxygen atoms in total. The lowest BCUT2D eigenvalue weighted by atomic mass is 9.72. The minimum absolute atomic E-state index is 0.0693. The Morgan fingerprint density at radius 1 is 1.03 bits per heavy atom. The molecule has 0 bridgehead atoms. The Morgan fingerprint density at radius 3 is 2.59 bits per heavy atom. The Kier molecular flexibility index (Phi) is 13.0. The number of rotatable bonds is 14. The van der Waals surface area contributed by atoms with Crippen molar-refractivity contribution in [3.63, 3.8) is 0 Å². The number of carbonyl (C=O) groups is 2. The third-order valence-electron chi connectivity index (χ3n) is 10.4. The summed E-state index contributed by atoms with van der Waals surface area (Å²) in [5.41, 5.74) is 1.98. The van der Waals surface area contributed by atoms with E-state index < -0.39 is 11.4 Å². The number of allylic oxidation sites excluding steroid dienone is 1. The van der Waals surface area contributed by atoms with Crippen LogP contribution >= 0.6 is 35.3 Å². The van der Waals surface area contributed by atoms with Gasteiger partial charge in [0.05, 0.1) is 11.8 Å². The minimum Gasteiger partial charge on any atom is -0.455 e. The van der Waals surface area contributed by atoms with Crippen molar-refractivity contribution in [1.29, 1.82) is 0 Å². The fourth-order valence-corrected chi connectivity index (χ4v) is 8.85. The fraction of sp³-hybridized carbons (Fsp3) is 0.326. The van der Waals surface area contributed by atoms with Crippen LogP contribution in [0.2, 0.25) is 5.02 Å². The Hall–Kier alpha value is -4.63. The first-order valence-electron chi connectivity index (χ1n) is 19.1. The highest BCUT2D eigenvalue weighted by Gasteiger charge is 2.32. The third kappa shape index (κ3) is 10.7. The zero-order valence-electron chi connectivity index (χ0n) is 32.1. The molecule has 2 aromatic heterocycles. The van der Waals surface area contributed by atoms with Gasteiger partial charge in [0.1, 0.15) is 23.4 Å². The van der Waals surface area contributed by atoms with Gasteiger partial charge in [-0.25, -0.2) is 4.98 Å². The number of anilines is 2. The number of amides is 1. The van der Waals surface area contributed by atoms with Crippen molar-refractivity contribution in [2.45, 2.75) is 54.8 Å². The quantitative estimate of drug-likeness (QED) is 0.0436. The molecular formula is C43H44ClF3N6O3S2. The molecule has 1 fully saturated rings. The second-order valence-electron chi connectivity index (χ2n) is 15.2. The summed E-state index contributed by atoms with van der Waals surface area (Å²) in [5.74, 6) is 0.286. The van der Waals surface area contributed by atoms with Crippen LogP contribution in [0.25, 0.3) is 16.6 Å². The molecule has 1 aliphatic heterocycles. The molecule has 0 saturated carbocycles. The second-order valence-corrected chi connectivity index (χ2v) is 17.6. The van der Waals surface area contributed by atoms with Gasteiger partial charge in [0.2, 0.25) is 0 Å². The van der Waals surface area contributed by atoms with E-state index in [4.69, 9.17) is 16.3 Å². The van der Waals surface area contributed by atoms with Crippen molar-refractivity contribution in [2.24, 2.45) is 5.41 Å². The monoisotopic (exact) mass is 848 g/mol. The van der Waals surface area contributed by atoms with E-state index in [1.54, 1.807) is 24.5 Å². The number of alkyl halides is 3. The topological polar surface area (TPSA) is 103 Å². The number of aldehydes is 1. The van der Waals surface area contributed by atoms with Crippen molar-refractivity contribution >= 4 is 75.5 Å². The number of hydrogen-bond acceptors (Lipinski definition) is 9. The molecule has 7 rings (SSSR count). The molecular weight excluding hydrogens is 805 g/mol. The van der Waals surface area contributed by atoms with Crippen molar-refractivity contribution in [3.05, 3.63) is 107 Å². The number of nitrogens with zero attached hydrogens (tertiary/aromatic N) is 3. The van der Waals surface area contributed by atoms with Gasteiger partial charge in [0.25, 0.3) is 5.91 Å². The zero-order valence-corrected chi connectivity index (χ0v) is 34.5. The van der Waals surface area contributed by atoms with E-state index in [-0.39, 0.29) is 46.3 Å². The number of fused-ring (bicyclic) bond motifs is 1. The lowest BCUT2D eigenvalue weighted by Crippen LogP contribution is -2.47. The molecule has 1 saturated heterocycles. The molecule has 2 aliphatic rings. The van der Waals surface area contributed by atoms with Crippen LogP contribution in [-0.4, -0.2) is 71.8 Å². The van der Waals surface area contributed by atoms with E-state index in [1.165, 1.54) is 28.8 Å². The molecule has 304 valence electrons. The molecule has 0 spiro atoms. The number of aromatic nitrogens is 2. The maximum Gasteiger partial charge on any atom is 0.446 e. The average molecular weight is 849 g/mol. The van der Waals surface area contributed by atoms with E-state index in [0.717, 1.165) is 80.0 Å². The van der Waals surface area contributed by atoms with E-state index in [2.05, 4.69) is 55.8 Å². The van der Waals surface area contributed by atoms with Crippen molar-refractivity contribution in [2.75, 3.05) is 49.5 Å². The number of halogens is 4. The van der Waals surface area contributed by atoms with Crippen LogP contribution < -0.4 is 19.7 Å². The van der Waals surface area contributed by atoms with Crippen molar-refractivity contribution in [3.8, 4) is 11.5 Å². The van der Waals surface area contributed by atoms with Crippen LogP contribution in [0.3, 0.4) is 0 Å². The van der Waals surface area contributed by atoms with E-state index in [0.29, 0.717) is 28.3 Å². The summed E-state index contributed by atoms with van der Waals surface area (Å²) >= 11 is 6.87. The van der Waals surface area contributed by atoms with Crippen LogP contribution in [0, 0.1) is 5.41 Å². The zero-order chi connectivity index (χ0) is 40.9.